The Labute approximate surface area is 226 Å². The molecule has 0 bridgehead atoms. The molecule has 0 atom stereocenters. The van der Waals surface area contributed by atoms with E-state index < -0.39 is 0 Å². The molecule has 2 aliphatic heterocycles. The molecule has 200 valence electrons. The first kappa shape index (κ1) is 26.1. The monoisotopic (exact) mass is 513 g/mol. The molecular weight excluding hydrogens is 474 g/mol. The van der Waals surface area contributed by atoms with Gasteiger partial charge >= 0.3 is 0 Å². The maximum atomic E-state index is 12.9. The number of nitrogens with zero attached hydrogens (tertiary/aromatic N) is 2. The van der Waals surface area contributed by atoms with E-state index in [1.54, 1.807) is 13.2 Å². The predicted octanol–water partition coefficient (Wildman–Crippen LogP) is 5.58. The lowest BCUT2D eigenvalue weighted by molar-refractivity contribution is -0.133. The normalized spacial score (nSPS) is 17.3. The van der Waals surface area contributed by atoms with E-state index in [1.807, 2.05) is 17.0 Å². The molecule has 3 aromatic carbocycles. The fourth-order valence-corrected chi connectivity index (χ4v) is 5.66. The highest BCUT2D eigenvalue weighted by atomic mass is 16.5. The molecule has 2 N–H and O–H groups in total. The molecule has 5 rings (SSSR count). The molecule has 2 aliphatic rings. The van der Waals surface area contributed by atoms with Crippen molar-refractivity contribution in [2.24, 2.45) is 0 Å². The first-order chi connectivity index (χ1) is 18.6. The van der Waals surface area contributed by atoms with Crippen molar-refractivity contribution >= 4 is 11.6 Å². The maximum absolute atomic E-state index is 12.9. The molecule has 38 heavy (non-hydrogen) atoms. The van der Waals surface area contributed by atoms with Crippen LogP contribution in [0.1, 0.15) is 43.6 Å². The first-order valence-electron chi connectivity index (χ1n) is 13.8. The van der Waals surface area contributed by atoms with E-state index in [4.69, 9.17) is 15.2 Å². The van der Waals surface area contributed by atoms with Gasteiger partial charge in [0.1, 0.15) is 17.6 Å². The summed E-state index contributed by atoms with van der Waals surface area (Å²) in [5.41, 5.74) is 10.5. The van der Waals surface area contributed by atoms with Crippen molar-refractivity contribution in [3.05, 3.63) is 78.4 Å². The zero-order valence-electron chi connectivity index (χ0n) is 22.4. The molecule has 2 saturated heterocycles. The fourth-order valence-electron chi connectivity index (χ4n) is 5.66. The Balaban J connectivity index is 1.02. The Kier molecular flexibility index (Phi) is 8.49. The first-order valence-corrected chi connectivity index (χ1v) is 13.8. The van der Waals surface area contributed by atoms with Crippen LogP contribution < -0.4 is 15.2 Å². The van der Waals surface area contributed by atoms with Gasteiger partial charge in [0, 0.05) is 45.0 Å². The van der Waals surface area contributed by atoms with Crippen LogP contribution in [0.5, 0.6) is 11.5 Å². The van der Waals surface area contributed by atoms with Crippen molar-refractivity contribution in [2.75, 3.05) is 45.6 Å². The van der Waals surface area contributed by atoms with Gasteiger partial charge in [-0.1, -0.05) is 54.6 Å². The fraction of sp³-hybridized carbons (Fsp3) is 0.406. The quantitative estimate of drug-likeness (QED) is 0.398. The number of likely N-dealkylation sites (tertiary alicyclic amines) is 2. The molecule has 0 aromatic heterocycles. The lowest BCUT2D eigenvalue weighted by atomic mass is 9.88. The highest BCUT2D eigenvalue weighted by molar-refractivity contribution is 5.76. The van der Waals surface area contributed by atoms with Gasteiger partial charge in [0.05, 0.1) is 12.8 Å². The third-order valence-electron chi connectivity index (χ3n) is 8.02. The van der Waals surface area contributed by atoms with Crippen LogP contribution in [0, 0.1) is 0 Å². The third kappa shape index (κ3) is 6.48. The second-order valence-electron chi connectivity index (χ2n) is 10.5. The van der Waals surface area contributed by atoms with Crippen molar-refractivity contribution in [3.63, 3.8) is 0 Å². The van der Waals surface area contributed by atoms with Crippen LogP contribution >= 0.6 is 0 Å². The van der Waals surface area contributed by atoms with Crippen LogP contribution in [0.4, 0.5) is 5.69 Å². The Morgan fingerprint density at radius 3 is 2.24 bits per heavy atom. The largest absolute Gasteiger partial charge is 0.494 e. The van der Waals surface area contributed by atoms with E-state index in [9.17, 15) is 4.79 Å². The molecule has 6 heteroatoms. The van der Waals surface area contributed by atoms with Gasteiger partial charge in [-0.2, -0.15) is 0 Å². The lowest BCUT2D eigenvalue weighted by Gasteiger charge is -2.34. The van der Waals surface area contributed by atoms with Crippen LogP contribution in [0.3, 0.4) is 0 Å². The average molecular weight is 514 g/mol. The van der Waals surface area contributed by atoms with Crippen molar-refractivity contribution < 1.29 is 14.3 Å². The highest BCUT2D eigenvalue weighted by Crippen LogP contribution is 2.31. The average Bonchev–Trinajstić information content (AvgIpc) is 2.98. The minimum Gasteiger partial charge on any atom is -0.494 e. The van der Waals surface area contributed by atoms with Crippen molar-refractivity contribution in [1.29, 1.82) is 0 Å². The molecule has 1 amide bonds. The summed E-state index contributed by atoms with van der Waals surface area (Å²) in [6, 6.07) is 25.1. The standard InChI is InChI=1S/C32H39N3O3/c1-37-31-23-29(11-12-30(31)33)38-28-15-21-35(22-16-28)32(36)17-20-34-18-13-27(14-19-34)26-9-7-25(8-10-26)24-5-3-2-4-6-24/h2-12,23,27-28H,13-22,33H2,1H3. The van der Waals surface area contributed by atoms with Gasteiger partial charge in [-0.15, -0.1) is 0 Å². The molecule has 0 unspecified atom stereocenters. The summed E-state index contributed by atoms with van der Waals surface area (Å²) in [6.45, 7) is 4.45. The van der Waals surface area contributed by atoms with Gasteiger partial charge in [0.25, 0.3) is 0 Å². The maximum Gasteiger partial charge on any atom is 0.223 e. The molecule has 0 aliphatic carbocycles. The van der Waals surface area contributed by atoms with Gasteiger partial charge in [-0.25, -0.2) is 0 Å². The van der Waals surface area contributed by atoms with Gasteiger partial charge in [-0.05, 0) is 60.7 Å². The van der Waals surface area contributed by atoms with Gasteiger partial charge in [-0.3, -0.25) is 4.79 Å². The molecular formula is C32H39N3O3. The summed E-state index contributed by atoms with van der Waals surface area (Å²) in [7, 11) is 1.60. The second kappa shape index (κ2) is 12.4. The van der Waals surface area contributed by atoms with Crippen molar-refractivity contribution in [1.82, 2.24) is 9.80 Å². The Morgan fingerprint density at radius 2 is 1.55 bits per heavy atom. The third-order valence-corrected chi connectivity index (χ3v) is 8.02. The highest BCUT2D eigenvalue weighted by Gasteiger charge is 2.26. The van der Waals surface area contributed by atoms with Crippen LogP contribution in [0.25, 0.3) is 11.1 Å². The van der Waals surface area contributed by atoms with E-state index in [2.05, 4.69) is 59.5 Å². The van der Waals surface area contributed by atoms with Crippen LogP contribution in [0.2, 0.25) is 0 Å². The number of ether oxygens (including phenoxy) is 2. The van der Waals surface area contributed by atoms with Gasteiger partial charge in [0.2, 0.25) is 5.91 Å². The molecule has 0 radical (unpaired) electrons. The summed E-state index contributed by atoms with van der Waals surface area (Å²) >= 11 is 0. The van der Waals surface area contributed by atoms with Gasteiger partial charge in [0.15, 0.2) is 0 Å². The number of nitrogen functional groups attached to an aromatic ring is 1. The van der Waals surface area contributed by atoms with E-state index >= 15 is 0 Å². The second-order valence-corrected chi connectivity index (χ2v) is 10.5. The Bertz CT molecular complexity index is 1180. The number of methoxy groups -OCH3 is 1. The number of benzene rings is 3. The number of hydrogen-bond acceptors (Lipinski definition) is 5. The zero-order chi connectivity index (χ0) is 26.3. The summed E-state index contributed by atoms with van der Waals surface area (Å²) in [5.74, 6) is 2.25. The number of carbonyl (C=O) groups is 1. The summed E-state index contributed by atoms with van der Waals surface area (Å²) in [4.78, 5) is 17.3. The topological polar surface area (TPSA) is 68.0 Å². The Hall–Kier alpha value is -3.51. The van der Waals surface area contributed by atoms with Crippen LogP contribution in [-0.2, 0) is 4.79 Å². The number of nitrogens with two attached hydrogens (primary N) is 1. The minimum atomic E-state index is 0.105. The molecule has 6 nitrogen and oxygen atoms in total. The zero-order valence-corrected chi connectivity index (χ0v) is 22.4. The summed E-state index contributed by atoms with van der Waals surface area (Å²) in [5, 5.41) is 0. The summed E-state index contributed by atoms with van der Waals surface area (Å²) in [6.07, 6.45) is 4.68. The van der Waals surface area contributed by atoms with E-state index in [-0.39, 0.29) is 12.0 Å². The number of carbonyl (C=O) groups excluding carboxylic acids is 1. The molecule has 2 heterocycles. The minimum absolute atomic E-state index is 0.105. The number of piperidine rings is 2. The molecule has 0 spiro atoms. The van der Waals surface area contributed by atoms with E-state index in [0.717, 1.165) is 64.2 Å². The van der Waals surface area contributed by atoms with Crippen LogP contribution in [-0.4, -0.2) is 61.6 Å². The van der Waals surface area contributed by atoms with Crippen molar-refractivity contribution in [3.8, 4) is 22.6 Å². The van der Waals surface area contributed by atoms with Crippen LogP contribution in [0.15, 0.2) is 72.8 Å². The number of amides is 1. The van der Waals surface area contributed by atoms with Gasteiger partial charge < -0.3 is 25.0 Å². The smallest absolute Gasteiger partial charge is 0.223 e. The molecule has 2 fully saturated rings. The summed E-state index contributed by atoms with van der Waals surface area (Å²) < 4.78 is 11.4. The predicted molar refractivity (Wildman–Crippen MR) is 153 cm³/mol. The van der Waals surface area contributed by atoms with E-state index in [1.165, 1.54) is 16.7 Å². The van der Waals surface area contributed by atoms with E-state index in [0.29, 0.717) is 23.8 Å². The molecule has 3 aromatic rings. The Morgan fingerprint density at radius 1 is 0.868 bits per heavy atom. The number of hydrogen-bond donors (Lipinski definition) is 1. The number of rotatable bonds is 8. The van der Waals surface area contributed by atoms with Crippen molar-refractivity contribution in [2.45, 2.75) is 44.1 Å². The molecule has 0 saturated carbocycles. The number of anilines is 1. The lowest BCUT2D eigenvalue weighted by Crippen LogP contribution is -2.43. The SMILES string of the molecule is COc1cc(OC2CCN(C(=O)CCN3CCC(c4ccc(-c5ccccc5)cc4)CC3)CC2)ccc1N.